The average Bonchev–Trinajstić information content (AvgIpc) is 2.31. The van der Waals surface area contributed by atoms with Gasteiger partial charge >= 0.3 is 0 Å². The summed E-state index contributed by atoms with van der Waals surface area (Å²) in [5.74, 6) is -3.26. The smallest absolute Gasteiger partial charge is 0.267 e. The van der Waals surface area contributed by atoms with Crippen LogP contribution in [-0.2, 0) is 4.79 Å². The van der Waals surface area contributed by atoms with Gasteiger partial charge in [-0.3, -0.25) is 4.79 Å². The number of halogens is 2. The summed E-state index contributed by atoms with van der Waals surface area (Å²) < 4.78 is 25.7. The molecule has 2 nitrogen and oxygen atoms in total. The normalized spacial score (nSPS) is 26.7. The van der Waals surface area contributed by atoms with Gasteiger partial charge in [0.2, 0.25) is 5.91 Å². The quantitative estimate of drug-likeness (QED) is 0.633. The number of amides is 1. The van der Waals surface area contributed by atoms with E-state index in [0.717, 1.165) is 6.08 Å². The first-order valence-electron chi connectivity index (χ1n) is 3.87. The van der Waals surface area contributed by atoms with Crippen LogP contribution in [0.1, 0.15) is 19.3 Å². The first kappa shape index (κ1) is 9.16. The molecule has 1 saturated carbocycles. The molecule has 1 fully saturated rings. The second-order valence-electron chi connectivity index (χ2n) is 2.92. The fourth-order valence-corrected chi connectivity index (χ4v) is 1.34. The highest BCUT2D eigenvalue weighted by Gasteiger charge is 2.44. The molecule has 0 heterocycles. The largest absolute Gasteiger partial charge is 0.344 e. The number of rotatable bonds is 2. The zero-order valence-electron chi connectivity index (χ0n) is 6.65. The van der Waals surface area contributed by atoms with Crippen molar-refractivity contribution in [1.82, 2.24) is 5.32 Å². The minimum atomic E-state index is -2.74. The van der Waals surface area contributed by atoms with Crippen LogP contribution in [0.3, 0.4) is 0 Å². The van der Waals surface area contributed by atoms with E-state index in [2.05, 4.69) is 11.9 Å². The van der Waals surface area contributed by atoms with E-state index in [9.17, 15) is 13.6 Å². The molecule has 0 aliphatic heterocycles. The van der Waals surface area contributed by atoms with Crippen LogP contribution in [0.5, 0.6) is 0 Å². The maximum Gasteiger partial charge on any atom is 0.267 e. The Kier molecular flexibility index (Phi) is 2.45. The molecule has 12 heavy (non-hydrogen) atoms. The molecule has 1 unspecified atom stereocenters. The van der Waals surface area contributed by atoms with Crippen molar-refractivity contribution in [2.45, 2.75) is 31.2 Å². The topological polar surface area (TPSA) is 29.1 Å². The fourth-order valence-electron chi connectivity index (χ4n) is 1.34. The van der Waals surface area contributed by atoms with Crippen LogP contribution >= 0.6 is 0 Å². The van der Waals surface area contributed by atoms with Crippen molar-refractivity contribution in [1.29, 1.82) is 0 Å². The van der Waals surface area contributed by atoms with Gasteiger partial charge in [0.15, 0.2) is 0 Å². The number of alkyl halides is 2. The van der Waals surface area contributed by atoms with Crippen molar-refractivity contribution in [3.8, 4) is 0 Å². The molecule has 0 bridgehead atoms. The molecule has 0 saturated heterocycles. The predicted molar refractivity (Wildman–Crippen MR) is 40.9 cm³/mol. The highest BCUT2D eigenvalue weighted by atomic mass is 19.3. The third kappa shape index (κ3) is 1.81. The van der Waals surface area contributed by atoms with Crippen LogP contribution in [0, 0.1) is 0 Å². The van der Waals surface area contributed by atoms with Crippen LogP contribution in [-0.4, -0.2) is 17.9 Å². The summed E-state index contributed by atoms with van der Waals surface area (Å²) in [5, 5.41) is 2.21. The molecule has 1 atom stereocenters. The zero-order valence-corrected chi connectivity index (χ0v) is 6.65. The maximum atomic E-state index is 12.9. The molecule has 0 spiro atoms. The van der Waals surface area contributed by atoms with Gasteiger partial charge in [0, 0.05) is 6.42 Å². The lowest BCUT2D eigenvalue weighted by atomic mass is 10.2. The molecular formula is C8H11F2NO. The lowest BCUT2D eigenvalue weighted by Gasteiger charge is -2.19. The molecule has 1 amide bonds. The molecule has 0 aromatic rings. The van der Waals surface area contributed by atoms with E-state index in [4.69, 9.17) is 0 Å². The predicted octanol–water partition coefficient (Wildman–Crippen LogP) is 1.48. The van der Waals surface area contributed by atoms with Gasteiger partial charge in [0.05, 0.1) is 6.04 Å². The van der Waals surface area contributed by atoms with Gasteiger partial charge in [-0.1, -0.05) is 6.58 Å². The molecule has 1 rings (SSSR count). The maximum absolute atomic E-state index is 12.9. The fraction of sp³-hybridized carbons (Fsp3) is 0.625. The number of carbonyl (C=O) groups excluding carboxylic acids is 1. The second-order valence-corrected chi connectivity index (χ2v) is 2.92. The molecule has 1 N–H and O–H groups in total. The molecule has 68 valence electrons. The van der Waals surface area contributed by atoms with E-state index in [1.165, 1.54) is 0 Å². The van der Waals surface area contributed by atoms with Crippen molar-refractivity contribution >= 4 is 5.91 Å². The van der Waals surface area contributed by atoms with Crippen LogP contribution in [0.2, 0.25) is 0 Å². The van der Waals surface area contributed by atoms with Crippen molar-refractivity contribution in [2.24, 2.45) is 0 Å². The van der Waals surface area contributed by atoms with Gasteiger partial charge < -0.3 is 5.32 Å². The summed E-state index contributed by atoms with van der Waals surface area (Å²) in [6, 6.07) is -0.997. The van der Waals surface area contributed by atoms with Crippen LogP contribution in [0.25, 0.3) is 0 Å². The summed E-state index contributed by atoms with van der Waals surface area (Å²) in [7, 11) is 0. The molecule has 1 aliphatic carbocycles. The SMILES string of the molecule is C=CC(=O)NC1CCCC1(F)F. The summed E-state index contributed by atoms with van der Waals surface area (Å²) in [5.41, 5.74) is 0. The molecule has 4 heteroatoms. The molecule has 0 radical (unpaired) electrons. The minimum Gasteiger partial charge on any atom is -0.344 e. The second kappa shape index (κ2) is 3.21. The molecule has 0 aromatic heterocycles. The van der Waals surface area contributed by atoms with Crippen molar-refractivity contribution in [3.63, 3.8) is 0 Å². The zero-order chi connectivity index (χ0) is 9.19. The number of hydrogen-bond donors (Lipinski definition) is 1. The van der Waals surface area contributed by atoms with E-state index in [1.54, 1.807) is 0 Å². The third-order valence-corrected chi connectivity index (χ3v) is 2.01. The lowest BCUT2D eigenvalue weighted by molar-refractivity contribution is -0.120. The minimum absolute atomic E-state index is 0.130. The van der Waals surface area contributed by atoms with Gasteiger partial charge in [-0.05, 0) is 18.9 Å². The van der Waals surface area contributed by atoms with Crippen molar-refractivity contribution < 1.29 is 13.6 Å². The van der Waals surface area contributed by atoms with Gasteiger partial charge in [0.1, 0.15) is 0 Å². The standard InChI is InChI=1S/C8H11F2NO/c1-2-7(12)11-6-4-3-5-8(6,9)10/h2,6H,1,3-5H2,(H,11,12). The Hall–Kier alpha value is -0.930. The van der Waals surface area contributed by atoms with Crippen molar-refractivity contribution in [3.05, 3.63) is 12.7 Å². The summed E-state index contributed by atoms with van der Waals surface area (Å²) in [4.78, 5) is 10.7. The van der Waals surface area contributed by atoms with Gasteiger partial charge in [-0.15, -0.1) is 0 Å². The van der Waals surface area contributed by atoms with E-state index in [0.29, 0.717) is 12.8 Å². The summed E-state index contributed by atoms with van der Waals surface area (Å²) in [6.45, 7) is 3.19. The van der Waals surface area contributed by atoms with E-state index >= 15 is 0 Å². The monoisotopic (exact) mass is 175 g/mol. The summed E-state index contributed by atoms with van der Waals surface area (Å²) in [6.07, 6.45) is 1.70. The molecule has 0 aromatic carbocycles. The van der Waals surface area contributed by atoms with Gasteiger partial charge in [-0.2, -0.15) is 0 Å². The Morgan fingerprint density at radius 1 is 1.67 bits per heavy atom. The highest BCUT2D eigenvalue weighted by molar-refractivity contribution is 5.87. The van der Waals surface area contributed by atoms with E-state index in [1.807, 2.05) is 0 Å². The highest BCUT2D eigenvalue weighted by Crippen LogP contribution is 2.34. The van der Waals surface area contributed by atoms with Crippen LogP contribution < -0.4 is 5.32 Å². The Morgan fingerprint density at radius 2 is 2.33 bits per heavy atom. The first-order chi connectivity index (χ1) is 5.56. The Labute approximate surface area is 69.6 Å². The van der Waals surface area contributed by atoms with E-state index in [-0.39, 0.29) is 6.42 Å². The molecule has 1 aliphatic rings. The Bertz CT molecular complexity index is 203. The van der Waals surface area contributed by atoms with Crippen LogP contribution in [0.4, 0.5) is 8.78 Å². The van der Waals surface area contributed by atoms with Crippen LogP contribution in [0.15, 0.2) is 12.7 Å². The van der Waals surface area contributed by atoms with Gasteiger partial charge in [-0.25, -0.2) is 8.78 Å². The average molecular weight is 175 g/mol. The molecular weight excluding hydrogens is 164 g/mol. The first-order valence-corrected chi connectivity index (χ1v) is 3.87. The number of carbonyl (C=O) groups is 1. The Morgan fingerprint density at radius 3 is 2.75 bits per heavy atom. The number of hydrogen-bond acceptors (Lipinski definition) is 1. The Balaban J connectivity index is 2.52. The lowest BCUT2D eigenvalue weighted by Crippen LogP contribution is -2.43. The summed E-state index contributed by atoms with van der Waals surface area (Å²) >= 11 is 0. The van der Waals surface area contributed by atoms with Gasteiger partial charge in [0.25, 0.3) is 5.92 Å². The van der Waals surface area contributed by atoms with Crippen molar-refractivity contribution in [2.75, 3.05) is 0 Å². The van der Waals surface area contributed by atoms with E-state index < -0.39 is 17.9 Å². The third-order valence-electron chi connectivity index (χ3n) is 2.01. The number of nitrogens with one attached hydrogen (secondary N) is 1.